The maximum Gasteiger partial charge on any atom is 0.0462 e. The van der Waals surface area contributed by atoms with Crippen LogP contribution in [-0.2, 0) is 0 Å². The lowest BCUT2D eigenvalue weighted by atomic mass is 11.9. The van der Waals surface area contributed by atoms with Gasteiger partial charge in [0, 0.05) is 6.57 Å². The van der Waals surface area contributed by atoms with E-state index in [2.05, 4.69) is 6.57 Å². The fraction of sp³-hybridized carbons (Fsp3) is 0. The highest BCUT2D eigenvalue weighted by molar-refractivity contribution is 4.03. The molecule has 14 N–H and O–H groups in total. The largest absolute Gasteiger partial charge is 0.412 e. The summed E-state index contributed by atoms with van der Waals surface area (Å²) in [4.78, 5) is 0. The normalized spacial score (nSPS) is 0.222. The lowest BCUT2D eigenvalue weighted by Crippen LogP contribution is -0.569. The lowest BCUT2D eigenvalue weighted by Gasteiger charge is -0.668. The summed E-state index contributed by atoms with van der Waals surface area (Å²) in [5, 5.41) is 6.50. The van der Waals surface area contributed by atoms with E-state index in [-0.39, 0.29) is 38.3 Å². The zero-order chi connectivity index (χ0) is 2.00. The molecule has 66 valence electrons. The van der Waals surface area contributed by atoms with Crippen molar-refractivity contribution in [3.05, 3.63) is 0 Å². The minimum atomic E-state index is 0. The molecule has 0 unspecified atom stereocenters. The van der Waals surface area contributed by atoms with Crippen molar-refractivity contribution in [3.8, 4) is 6.57 Å². The van der Waals surface area contributed by atoms with Gasteiger partial charge in [-0.3, -0.25) is 0 Å². The Morgan fingerprint density at radius 2 is 0.444 bits per heavy atom. The molecule has 0 spiro atoms. The molecule has 0 bridgehead atoms. The van der Waals surface area contributed by atoms with Crippen LogP contribution in [0.15, 0.2) is 0 Å². The third kappa shape index (κ3) is 314. The SMILES string of the molecule is C#N.O.O.O.O.O.O.O. The van der Waals surface area contributed by atoms with E-state index in [9.17, 15) is 0 Å². The van der Waals surface area contributed by atoms with Gasteiger partial charge >= 0.3 is 0 Å². The van der Waals surface area contributed by atoms with E-state index in [1.165, 1.54) is 0 Å². The van der Waals surface area contributed by atoms with Crippen molar-refractivity contribution in [1.29, 1.82) is 5.26 Å². The van der Waals surface area contributed by atoms with E-state index in [0.717, 1.165) is 0 Å². The van der Waals surface area contributed by atoms with Gasteiger partial charge in [-0.1, -0.05) is 0 Å². The molecule has 0 atom stereocenters. The smallest absolute Gasteiger partial charge is 0.0462 e. The van der Waals surface area contributed by atoms with Crippen LogP contribution in [0.1, 0.15) is 0 Å². The standard InChI is InChI=1S/CHN.7H2O/c1-2;;;;;;;/h1H;7*1H2. The predicted molar refractivity (Wildman–Crippen MR) is 32.0 cm³/mol. The monoisotopic (exact) mass is 153 g/mol. The second-order valence-corrected chi connectivity index (χ2v) is 0. The molecule has 0 radical (unpaired) electrons. The summed E-state index contributed by atoms with van der Waals surface area (Å²) in [5.74, 6) is 0. The zero-order valence-electron chi connectivity index (χ0n) is 4.52. The second-order valence-electron chi connectivity index (χ2n) is 0. The van der Waals surface area contributed by atoms with Gasteiger partial charge in [-0.05, 0) is 0 Å². The van der Waals surface area contributed by atoms with Crippen molar-refractivity contribution in [3.63, 3.8) is 0 Å². The van der Waals surface area contributed by atoms with Crippen LogP contribution in [0.3, 0.4) is 0 Å². The van der Waals surface area contributed by atoms with Crippen LogP contribution >= 0.6 is 0 Å². The van der Waals surface area contributed by atoms with Gasteiger partial charge in [-0.2, -0.15) is 0 Å². The van der Waals surface area contributed by atoms with Gasteiger partial charge in [0.25, 0.3) is 0 Å². The Morgan fingerprint density at radius 1 is 0.444 bits per heavy atom. The summed E-state index contributed by atoms with van der Waals surface area (Å²) in [6, 6.07) is 0. The Hall–Kier alpha value is -0.790. The first-order chi connectivity index (χ1) is 1.00. The van der Waals surface area contributed by atoms with Crippen molar-refractivity contribution in [2.75, 3.05) is 0 Å². The van der Waals surface area contributed by atoms with E-state index < -0.39 is 0 Å². The first-order valence-corrected chi connectivity index (χ1v) is 0.258. The fourth-order valence-electron chi connectivity index (χ4n) is 0. The molecule has 0 saturated heterocycles. The first kappa shape index (κ1) is 9680. The van der Waals surface area contributed by atoms with Crippen LogP contribution < -0.4 is 0 Å². The summed E-state index contributed by atoms with van der Waals surface area (Å²) in [5.41, 5.74) is 0. The lowest BCUT2D eigenvalue weighted by molar-refractivity contribution is 0.823. The Balaban J connectivity index is -0.000000000238. The third-order valence-corrected chi connectivity index (χ3v) is 0. The van der Waals surface area contributed by atoms with E-state index >= 15 is 0 Å². The summed E-state index contributed by atoms with van der Waals surface area (Å²) in [7, 11) is 0. The van der Waals surface area contributed by atoms with Crippen LogP contribution in [0.5, 0.6) is 0 Å². The van der Waals surface area contributed by atoms with Crippen molar-refractivity contribution >= 4 is 0 Å². The second kappa shape index (κ2) is 446. The Labute approximate surface area is 51.5 Å². The molecule has 8 heteroatoms. The molecular weight excluding hydrogens is 138 g/mol. The average Bonchev–Trinajstić information content (AvgIpc) is 1.00. The number of rotatable bonds is 0. The molecule has 0 saturated carbocycles. The maximum absolute atomic E-state index is 6.50. The summed E-state index contributed by atoms with van der Waals surface area (Å²) >= 11 is 0. The van der Waals surface area contributed by atoms with Gasteiger partial charge in [0.05, 0.1) is 0 Å². The Bertz CT molecular complexity index is 13.6. The molecule has 0 aromatic carbocycles. The summed E-state index contributed by atoms with van der Waals surface area (Å²) in [6.45, 7) is 3.50. The molecule has 9 heavy (non-hydrogen) atoms. The molecule has 0 aliphatic carbocycles. The highest BCUT2D eigenvalue weighted by Gasteiger charge is 0.513. The van der Waals surface area contributed by atoms with Crippen molar-refractivity contribution in [1.82, 2.24) is 0 Å². The molecule has 0 aromatic heterocycles. The van der Waals surface area contributed by atoms with E-state index in [0.29, 0.717) is 0 Å². The topological polar surface area (TPSA) is 244 Å². The van der Waals surface area contributed by atoms with E-state index in [1.54, 1.807) is 0 Å². The molecule has 0 aliphatic rings. The van der Waals surface area contributed by atoms with Gasteiger partial charge in [0.15, 0.2) is 0 Å². The number of hydrogen-bond acceptors (Lipinski definition) is 1. The van der Waals surface area contributed by atoms with Crippen LogP contribution in [0.2, 0.25) is 0 Å². The Morgan fingerprint density at radius 3 is 0.444 bits per heavy atom. The number of nitriles is 1. The van der Waals surface area contributed by atoms with Crippen LogP contribution in [0, 0.1) is 11.8 Å². The quantitative estimate of drug-likeness (QED) is 0.324. The van der Waals surface area contributed by atoms with Crippen molar-refractivity contribution in [2.24, 2.45) is 0 Å². The van der Waals surface area contributed by atoms with Crippen molar-refractivity contribution in [2.45, 2.75) is 0 Å². The maximum atomic E-state index is 6.50. The van der Waals surface area contributed by atoms with E-state index in [4.69, 9.17) is 5.26 Å². The van der Waals surface area contributed by atoms with Crippen LogP contribution in [0.4, 0.5) is 0 Å². The van der Waals surface area contributed by atoms with Crippen molar-refractivity contribution < 1.29 is 38.3 Å². The molecule has 0 amide bonds. The van der Waals surface area contributed by atoms with Crippen LogP contribution in [0.25, 0.3) is 0 Å². The zero-order valence-corrected chi connectivity index (χ0v) is 4.52. The minimum Gasteiger partial charge on any atom is -0.412 e. The minimum absolute atomic E-state index is 0. The Kier molecular flexibility index (Phi) is 479000. The number of hydrogen-bond donors (Lipinski definition) is 0. The average molecular weight is 153 g/mol. The third-order valence-electron chi connectivity index (χ3n) is 0. The highest BCUT2D eigenvalue weighted by atomic mass is 16.0. The fourth-order valence-corrected chi connectivity index (χ4v) is 0. The van der Waals surface area contributed by atoms with Gasteiger partial charge in [-0.25, -0.2) is 5.26 Å². The van der Waals surface area contributed by atoms with Gasteiger partial charge in [0.1, 0.15) is 0 Å². The molecule has 8 nitrogen and oxygen atoms in total. The number of nitrogens with zero attached hydrogens (tertiary/aromatic N) is 1. The summed E-state index contributed by atoms with van der Waals surface area (Å²) in [6.07, 6.45) is 0. The predicted octanol–water partition coefficient (Wildman–Crippen LogP) is -5.63. The molecule has 0 fully saturated rings. The molecule has 0 aliphatic heterocycles. The van der Waals surface area contributed by atoms with Gasteiger partial charge in [0.2, 0.25) is 0 Å². The molecular formula is CH15NO7. The molecule has 0 heterocycles. The first-order valence-electron chi connectivity index (χ1n) is 0.258. The van der Waals surface area contributed by atoms with Gasteiger partial charge in [-0.15, -0.1) is 0 Å². The molecule has 0 rings (SSSR count). The van der Waals surface area contributed by atoms with E-state index in [1.807, 2.05) is 0 Å². The van der Waals surface area contributed by atoms with Crippen LogP contribution in [-0.4, -0.2) is 38.3 Å². The summed E-state index contributed by atoms with van der Waals surface area (Å²) < 4.78 is 0. The van der Waals surface area contributed by atoms with Gasteiger partial charge < -0.3 is 38.3 Å². The highest BCUT2D eigenvalue weighted by Crippen LogP contribution is 0.586. The molecule has 0 aromatic rings.